The van der Waals surface area contributed by atoms with Crippen molar-refractivity contribution < 1.29 is 4.79 Å². The Morgan fingerprint density at radius 1 is 1.47 bits per heavy atom. The Morgan fingerprint density at radius 2 is 2.18 bits per heavy atom. The lowest BCUT2D eigenvalue weighted by Crippen LogP contribution is -2.31. The van der Waals surface area contributed by atoms with Crippen molar-refractivity contribution in [3.8, 4) is 0 Å². The Hall–Kier alpha value is -1.16. The molecule has 5 heteroatoms. The van der Waals surface area contributed by atoms with Gasteiger partial charge in [0, 0.05) is 13.6 Å². The van der Waals surface area contributed by atoms with Crippen LogP contribution in [0.25, 0.3) is 0 Å². The normalized spacial score (nSPS) is 16.1. The summed E-state index contributed by atoms with van der Waals surface area (Å²) in [5.74, 6) is 0.531. The van der Waals surface area contributed by atoms with E-state index in [0.717, 1.165) is 6.54 Å². The second-order valence-corrected chi connectivity index (χ2v) is 4.95. The van der Waals surface area contributed by atoms with Gasteiger partial charge in [0.2, 0.25) is 0 Å². The van der Waals surface area contributed by atoms with Gasteiger partial charge in [-0.05, 0) is 18.8 Å². The fourth-order valence-electron chi connectivity index (χ4n) is 2.30. The number of hydrogen-bond donors (Lipinski definition) is 0. The van der Waals surface area contributed by atoms with E-state index in [4.69, 9.17) is 11.6 Å². The molecule has 17 heavy (non-hydrogen) atoms. The van der Waals surface area contributed by atoms with Crippen LogP contribution in [0, 0.1) is 5.92 Å². The van der Waals surface area contributed by atoms with Crippen LogP contribution in [0.5, 0.6) is 0 Å². The van der Waals surface area contributed by atoms with Crippen LogP contribution in [0.2, 0.25) is 5.15 Å². The Balaban J connectivity index is 1.98. The van der Waals surface area contributed by atoms with Crippen molar-refractivity contribution in [3.63, 3.8) is 0 Å². The van der Waals surface area contributed by atoms with Crippen molar-refractivity contribution >= 4 is 17.5 Å². The standard InChI is InChI=1S/C12H16ClN3O/c1-16(8-9-4-2-3-5-9)12(17)10-6-14-7-11(13)15-10/h6-7,9H,2-5,8H2,1H3. The minimum absolute atomic E-state index is 0.105. The summed E-state index contributed by atoms with van der Waals surface area (Å²) in [4.78, 5) is 21.6. The lowest BCUT2D eigenvalue weighted by Gasteiger charge is -2.20. The van der Waals surface area contributed by atoms with Crippen LogP contribution in [-0.4, -0.2) is 34.4 Å². The van der Waals surface area contributed by atoms with E-state index >= 15 is 0 Å². The zero-order valence-electron chi connectivity index (χ0n) is 9.90. The van der Waals surface area contributed by atoms with Crippen LogP contribution >= 0.6 is 11.6 Å². The minimum atomic E-state index is -0.105. The molecule has 1 saturated carbocycles. The first-order valence-electron chi connectivity index (χ1n) is 5.90. The number of amides is 1. The molecular weight excluding hydrogens is 238 g/mol. The SMILES string of the molecule is CN(CC1CCCC1)C(=O)c1cncc(Cl)n1. The molecule has 2 rings (SSSR count). The molecule has 0 saturated heterocycles. The highest BCUT2D eigenvalue weighted by molar-refractivity contribution is 6.29. The van der Waals surface area contributed by atoms with Crippen molar-refractivity contribution in [2.75, 3.05) is 13.6 Å². The molecule has 0 unspecified atom stereocenters. The largest absolute Gasteiger partial charge is 0.340 e. The van der Waals surface area contributed by atoms with Crippen LogP contribution in [0.15, 0.2) is 12.4 Å². The first-order valence-corrected chi connectivity index (χ1v) is 6.27. The third-order valence-electron chi connectivity index (χ3n) is 3.18. The molecule has 1 heterocycles. The van der Waals surface area contributed by atoms with Gasteiger partial charge in [0.25, 0.3) is 5.91 Å². The average Bonchev–Trinajstić information content (AvgIpc) is 2.80. The van der Waals surface area contributed by atoms with Gasteiger partial charge >= 0.3 is 0 Å². The molecule has 1 aromatic heterocycles. The molecule has 4 nitrogen and oxygen atoms in total. The number of halogens is 1. The Morgan fingerprint density at radius 3 is 2.82 bits per heavy atom. The second kappa shape index (κ2) is 5.45. The van der Waals surface area contributed by atoms with Crippen molar-refractivity contribution in [2.24, 2.45) is 5.92 Å². The van der Waals surface area contributed by atoms with E-state index in [1.165, 1.54) is 38.1 Å². The molecule has 1 fully saturated rings. The summed E-state index contributed by atoms with van der Waals surface area (Å²) in [5.41, 5.74) is 0.318. The molecule has 1 aromatic rings. The molecule has 1 aliphatic rings. The maximum Gasteiger partial charge on any atom is 0.273 e. The predicted octanol–water partition coefficient (Wildman–Crippen LogP) is 2.39. The van der Waals surface area contributed by atoms with Gasteiger partial charge in [-0.25, -0.2) is 4.98 Å². The lowest BCUT2D eigenvalue weighted by atomic mass is 10.1. The van der Waals surface area contributed by atoms with Gasteiger partial charge in [0.05, 0.1) is 12.4 Å². The number of nitrogens with zero attached hydrogens (tertiary/aromatic N) is 3. The van der Waals surface area contributed by atoms with Gasteiger partial charge in [0.1, 0.15) is 10.8 Å². The molecule has 0 radical (unpaired) electrons. The average molecular weight is 254 g/mol. The van der Waals surface area contributed by atoms with Crippen LogP contribution in [0.1, 0.15) is 36.2 Å². The highest BCUT2D eigenvalue weighted by Crippen LogP contribution is 2.25. The Kier molecular flexibility index (Phi) is 3.94. The highest BCUT2D eigenvalue weighted by Gasteiger charge is 2.21. The van der Waals surface area contributed by atoms with E-state index < -0.39 is 0 Å². The van der Waals surface area contributed by atoms with Crippen molar-refractivity contribution in [1.29, 1.82) is 0 Å². The molecule has 1 amide bonds. The van der Waals surface area contributed by atoms with Crippen molar-refractivity contribution in [2.45, 2.75) is 25.7 Å². The fourth-order valence-corrected chi connectivity index (χ4v) is 2.45. The number of carbonyl (C=O) groups excluding carboxylic acids is 1. The zero-order chi connectivity index (χ0) is 12.3. The topological polar surface area (TPSA) is 46.1 Å². The van der Waals surface area contributed by atoms with E-state index in [-0.39, 0.29) is 11.1 Å². The molecule has 0 bridgehead atoms. The smallest absolute Gasteiger partial charge is 0.273 e. The van der Waals surface area contributed by atoms with Crippen molar-refractivity contribution in [1.82, 2.24) is 14.9 Å². The molecule has 0 aliphatic heterocycles. The second-order valence-electron chi connectivity index (χ2n) is 4.56. The number of rotatable bonds is 3. The van der Waals surface area contributed by atoms with E-state index in [9.17, 15) is 4.79 Å². The first kappa shape index (κ1) is 12.3. The monoisotopic (exact) mass is 253 g/mol. The summed E-state index contributed by atoms with van der Waals surface area (Å²) in [7, 11) is 1.81. The third kappa shape index (κ3) is 3.16. The lowest BCUT2D eigenvalue weighted by molar-refractivity contribution is 0.0767. The molecule has 92 valence electrons. The highest BCUT2D eigenvalue weighted by atomic mass is 35.5. The van der Waals surface area contributed by atoms with Crippen LogP contribution in [0.3, 0.4) is 0 Å². The van der Waals surface area contributed by atoms with Gasteiger partial charge in [-0.2, -0.15) is 0 Å². The number of hydrogen-bond acceptors (Lipinski definition) is 3. The number of aromatic nitrogens is 2. The molecule has 0 atom stereocenters. The summed E-state index contributed by atoms with van der Waals surface area (Å²) >= 11 is 5.72. The summed E-state index contributed by atoms with van der Waals surface area (Å²) in [6, 6.07) is 0. The Bertz CT molecular complexity index is 404. The third-order valence-corrected chi connectivity index (χ3v) is 3.36. The van der Waals surface area contributed by atoms with Gasteiger partial charge < -0.3 is 4.90 Å². The van der Waals surface area contributed by atoms with Crippen LogP contribution in [0.4, 0.5) is 0 Å². The van der Waals surface area contributed by atoms with Gasteiger partial charge in [-0.15, -0.1) is 0 Å². The van der Waals surface area contributed by atoms with Gasteiger partial charge in [0.15, 0.2) is 0 Å². The quantitative estimate of drug-likeness (QED) is 0.831. The van der Waals surface area contributed by atoms with E-state index in [0.29, 0.717) is 11.6 Å². The molecule has 1 aliphatic carbocycles. The molecule has 0 aromatic carbocycles. The van der Waals surface area contributed by atoms with E-state index in [1.807, 2.05) is 7.05 Å². The molecular formula is C12H16ClN3O. The minimum Gasteiger partial charge on any atom is -0.340 e. The summed E-state index contributed by atoms with van der Waals surface area (Å²) < 4.78 is 0. The van der Waals surface area contributed by atoms with Crippen LogP contribution in [-0.2, 0) is 0 Å². The van der Waals surface area contributed by atoms with E-state index in [1.54, 1.807) is 4.90 Å². The van der Waals surface area contributed by atoms with Gasteiger partial charge in [-0.1, -0.05) is 24.4 Å². The summed E-state index contributed by atoms with van der Waals surface area (Å²) in [6.45, 7) is 0.799. The maximum absolute atomic E-state index is 12.0. The molecule has 0 N–H and O–H groups in total. The van der Waals surface area contributed by atoms with Gasteiger partial charge in [-0.3, -0.25) is 9.78 Å². The summed E-state index contributed by atoms with van der Waals surface area (Å²) in [5, 5.41) is 0.255. The van der Waals surface area contributed by atoms with Crippen LogP contribution < -0.4 is 0 Å². The number of carbonyl (C=O) groups is 1. The fraction of sp³-hybridized carbons (Fsp3) is 0.583. The maximum atomic E-state index is 12.0. The predicted molar refractivity (Wildman–Crippen MR) is 66.0 cm³/mol. The van der Waals surface area contributed by atoms with Crippen molar-refractivity contribution in [3.05, 3.63) is 23.2 Å². The van der Waals surface area contributed by atoms with E-state index in [2.05, 4.69) is 9.97 Å². The molecule has 0 spiro atoms. The summed E-state index contributed by atoms with van der Waals surface area (Å²) in [6.07, 6.45) is 7.89. The zero-order valence-corrected chi connectivity index (χ0v) is 10.7. The first-order chi connectivity index (χ1) is 8.16. The Labute approximate surface area is 106 Å².